The van der Waals surface area contributed by atoms with Crippen molar-refractivity contribution in [1.29, 1.82) is 0 Å². The molecule has 16 heavy (non-hydrogen) atoms. The zero-order valence-electron chi connectivity index (χ0n) is 9.32. The minimum absolute atomic E-state index is 0.0610. The van der Waals surface area contributed by atoms with Gasteiger partial charge in [-0.2, -0.15) is 0 Å². The first-order valence-corrected chi connectivity index (χ1v) is 5.75. The monoisotopic (exact) mass is 223 g/mol. The maximum atomic E-state index is 12.0. The van der Waals surface area contributed by atoms with Gasteiger partial charge in [-0.1, -0.05) is 12.8 Å². The molecule has 5 heteroatoms. The van der Waals surface area contributed by atoms with E-state index in [4.69, 9.17) is 10.2 Å². The molecule has 88 valence electrons. The van der Waals surface area contributed by atoms with Gasteiger partial charge in [0.1, 0.15) is 0 Å². The molecule has 0 bridgehead atoms. The molecule has 0 saturated carbocycles. The highest BCUT2D eigenvalue weighted by Gasteiger charge is 2.20. The molecule has 1 aliphatic heterocycles. The summed E-state index contributed by atoms with van der Waals surface area (Å²) in [6.45, 7) is 1.86. The Hall–Kier alpha value is -1.36. The molecule has 0 spiro atoms. The van der Waals surface area contributed by atoms with Gasteiger partial charge in [0.2, 0.25) is 11.7 Å². The van der Waals surface area contributed by atoms with E-state index >= 15 is 0 Å². The third kappa shape index (κ3) is 2.41. The van der Waals surface area contributed by atoms with Crippen molar-refractivity contribution in [2.45, 2.75) is 32.2 Å². The van der Waals surface area contributed by atoms with Crippen LogP contribution in [0.2, 0.25) is 0 Å². The standard InChI is InChI=1S/C11H17N3O2/c12-7-10-13-8-9(16-10)11(15)14-5-3-1-2-4-6-14/h8H,1-7,12H2. The van der Waals surface area contributed by atoms with Crippen LogP contribution >= 0.6 is 0 Å². The molecule has 2 N–H and O–H groups in total. The van der Waals surface area contributed by atoms with Gasteiger partial charge in [0.25, 0.3) is 5.91 Å². The number of hydrogen-bond acceptors (Lipinski definition) is 4. The number of nitrogens with zero attached hydrogens (tertiary/aromatic N) is 2. The van der Waals surface area contributed by atoms with E-state index in [2.05, 4.69) is 4.98 Å². The first-order chi connectivity index (χ1) is 7.81. The van der Waals surface area contributed by atoms with Gasteiger partial charge in [-0.05, 0) is 12.8 Å². The molecule has 1 amide bonds. The highest BCUT2D eigenvalue weighted by atomic mass is 16.4. The number of likely N-dealkylation sites (tertiary alicyclic amines) is 1. The molecule has 0 atom stereocenters. The van der Waals surface area contributed by atoms with Crippen LogP contribution in [0.15, 0.2) is 10.6 Å². The summed E-state index contributed by atoms with van der Waals surface area (Å²) in [4.78, 5) is 17.8. The van der Waals surface area contributed by atoms with E-state index < -0.39 is 0 Å². The molecule has 2 rings (SSSR count). The molecular formula is C11H17N3O2. The average Bonchev–Trinajstić information content (AvgIpc) is 2.62. The second kappa shape index (κ2) is 5.12. The molecule has 0 aliphatic carbocycles. The summed E-state index contributed by atoms with van der Waals surface area (Å²) in [5, 5.41) is 0. The quantitative estimate of drug-likeness (QED) is 0.816. The molecule has 1 aromatic rings. The minimum atomic E-state index is -0.0610. The largest absolute Gasteiger partial charge is 0.434 e. The Balaban J connectivity index is 2.05. The molecular weight excluding hydrogens is 206 g/mol. The summed E-state index contributed by atoms with van der Waals surface area (Å²) < 4.78 is 5.26. The van der Waals surface area contributed by atoms with E-state index in [1.165, 1.54) is 19.0 Å². The summed E-state index contributed by atoms with van der Waals surface area (Å²) in [6.07, 6.45) is 6.02. The van der Waals surface area contributed by atoms with Crippen molar-refractivity contribution in [3.05, 3.63) is 17.8 Å². The van der Waals surface area contributed by atoms with Crippen molar-refractivity contribution >= 4 is 5.91 Å². The van der Waals surface area contributed by atoms with Crippen molar-refractivity contribution in [3.63, 3.8) is 0 Å². The minimum Gasteiger partial charge on any atom is -0.434 e. The maximum absolute atomic E-state index is 12.0. The lowest BCUT2D eigenvalue weighted by atomic mass is 10.2. The number of oxazole rings is 1. The van der Waals surface area contributed by atoms with Gasteiger partial charge in [0, 0.05) is 13.1 Å². The third-order valence-electron chi connectivity index (χ3n) is 2.83. The molecule has 0 radical (unpaired) electrons. The van der Waals surface area contributed by atoms with Gasteiger partial charge >= 0.3 is 0 Å². The van der Waals surface area contributed by atoms with Gasteiger partial charge in [0.05, 0.1) is 12.7 Å². The van der Waals surface area contributed by atoms with Crippen LogP contribution in [0.4, 0.5) is 0 Å². The first-order valence-electron chi connectivity index (χ1n) is 5.75. The Kier molecular flexibility index (Phi) is 3.56. The summed E-state index contributed by atoms with van der Waals surface area (Å²) in [5.74, 6) is 0.662. The second-order valence-corrected chi connectivity index (χ2v) is 4.03. The van der Waals surface area contributed by atoms with Crippen LogP contribution in [-0.2, 0) is 6.54 Å². The first kappa shape index (κ1) is 11.1. The van der Waals surface area contributed by atoms with E-state index in [1.807, 2.05) is 4.90 Å². The van der Waals surface area contributed by atoms with Crippen molar-refractivity contribution < 1.29 is 9.21 Å². The predicted molar refractivity (Wildman–Crippen MR) is 58.8 cm³/mol. The van der Waals surface area contributed by atoms with Crippen molar-refractivity contribution in [3.8, 4) is 0 Å². The lowest BCUT2D eigenvalue weighted by molar-refractivity contribution is 0.0728. The fraction of sp³-hybridized carbons (Fsp3) is 0.636. The van der Waals surface area contributed by atoms with E-state index in [0.29, 0.717) is 11.7 Å². The number of carbonyl (C=O) groups is 1. The Labute approximate surface area is 94.6 Å². The van der Waals surface area contributed by atoms with Gasteiger partial charge in [-0.25, -0.2) is 4.98 Å². The highest BCUT2D eigenvalue weighted by molar-refractivity contribution is 5.91. The normalized spacial score (nSPS) is 17.2. The molecule has 1 saturated heterocycles. The van der Waals surface area contributed by atoms with Crippen molar-refractivity contribution in [2.24, 2.45) is 5.73 Å². The van der Waals surface area contributed by atoms with E-state index in [1.54, 1.807) is 0 Å². The van der Waals surface area contributed by atoms with Crippen molar-refractivity contribution in [2.75, 3.05) is 13.1 Å². The SMILES string of the molecule is NCc1ncc(C(=O)N2CCCCCC2)o1. The smallest absolute Gasteiger partial charge is 0.291 e. The van der Waals surface area contributed by atoms with Crippen LogP contribution in [-0.4, -0.2) is 28.9 Å². The molecule has 0 aromatic carbocycles. The average molecular weight is 223 g/mol. The number of hydrogen-bond donors (Lipinski definition) is 1. The van der Waals surface area contributed by atoms with Gasteiger partial charge < -0.3 is 15.1 Å². The van der Waals surface area contributed by atoms with Gasteiger partial charge in [0.15, 0.2) is 0 Å². The van der Waals surface area contributed by atoms with Crippen LogP contribution in [0.3, 0.4) is 0 Å². The summed E-state index contributed by atoms with van der Waals surface area (Å²) in [7, 11) is 0. The lowest BCUT2D eigenvalue weighted by Crippen LogP contribution is -2.31. The maximum Gasteiger partial charge on any atom is 0.291 e. The zero-order chi connectivity index (χ0) is 11.4. The molecule has 1 aliphatic rings. The number of amides is 1. The molecule has 5 nitrogen and oxygen atoms in total. The molecule has 2 heterocycles. The second-order valence-electron chi connectivity index (χ2n) is 4.03. The van der Waals surface area contributed by atoms with E-state index in [0.717, 1.165) is 25.9 Å². The number of aromatic nitrogens is 1. The predicted octanol–water partition coefficient (Wildman–Crippen LogP) is 1.15. The topological polar surface area (TPSA) is 72.4 Å². The Morgan fingerprint density at radius 2 is 2.06 bits per heavy atom. The molecule has 0 unspecified atom stereocenters. The molecule has 1 aromatic heterocycles. The summed E-state index contributed by atoms with van der Waals surface area (Å²) in [5.41, 5.74) is 5.39. The fourth-order valence-corrected chi connectivity index (χ4v) is 1.93. The van der Waals surface area contributed by atoms with Crippen LogP contribution < -0.4 is 5.73 Å². The van der Waals surface area contributed by atoms with Gasteiger partial charge in [-0.15, -0.1) is 0 Å². The summed E-state index contributed by atoms with van der Waals surface area (Å²) in [6, 6.07) is 0. The Morgan fingerprint density at radius 3 is 2.62 bits per heavy atom. The van der Waals surface area contributed by atoms with E-state index in [9.17, 15) is 4.79 Å². The highest BCUT2D eigenvalue weighted by Crippen LogP contribution is 2.13. The fourth-order valence-electron chi connectivity index (χ4n) is 1.93. The Morgan fingerprint density at radius 1 is 1.38 bits per heavy atom. The van der Waals surface area contributed by atoms with Crippen LogP contribution in [0, 0.1) is 0 Å². The zero-order valence-corrected chi connectivity index (χ0v) is 9.32. The van der Waals surface area contributed by atoms with E-state index in [-0.39, 0.29) is 12.5 Å². The molecule has 1 fully saturated rings. The van der Waals surface area contributed by atoms with Gasteiger partial charge in [-0.3, -0.25) is 4.79 Å². The van der Waals surface area contributed by atoms with Crippen LogP contribution in [0.25, 0.3) is 0 Å². The number of nitrogens with two attached hydrogens (primary N) is 1. The third-order valence-corrected chi connectivity index (χ3v) is 2.83. The van der Waals surface area contributed by atoms with Crippen molar-refractivity contribution in [1.82, 2.24) is 9.88 Å². The Bertz CT molecular complexity index is 354. The number of rotatable bonds is 2. The lowest BCUT2D eigenvalue weighted by Gasteiger charge is -2.18. The number of carbonyl (C=O) groups excluding carboxylic acids is 1. The summed E-state index contributed by atoms with van der Waals surface area (Å²) >= 11 is 0. The van der Waals surface area contributed by atoms with Crippen LogP contribution in [0.5, 0.6) is 0 Å². The van der Waals surface area contributed by atoms with Crippen LogP contribution in [0.1, 0.15) is 42.1 Å².